The fourth-order valence-electron chi connectivity index (χ4n) is 1.68. The highest BCUT2D eigenvalue weighted by Crippen LogP contribution is 2.29. The molecule has 0 bridgehead atoms. The van der Waals surface area contributed by atoms with Crippen molar-refractivity contribution in [3.63, 3.8) is 0 Å². The number of rotatable bonds is 4. The van der Waals surface area contributed by atoms with Crippen molar-refractivity contribution in [2.24, 2.45) is 0 Å². The molecule has 0 aliphatic rings. The second-order valence-corrected chi connectivity index (χ2v) is 4.08. The quantitative estimate of drug-likeness (QED) is 0.810. The van der Waals surface area contributed by atoms with Crippen molar-refractivity contribution in [3.8, 4) is 5.75 Å². The number of aromatic nitrogens is 1. The van der Waals surface area contributed by atoms with Crippen molar-refractivity contribution in [2.75, 3.05) is 18.2 Å². The fraction of sp³-hybridized carbons (Fsp3) is 0.214. The van der Waals surface area contributed by atoms with Crippen LogP contribution >= 0.6 is 0 Å². The maximum Gasteiger partial charge on any atom is 0.143 e. The van der Waals surface area contributed by atoms with E-state index in [1.807, 2.05) is 43.5 Å². The lowest BCUT2D eigenvalue weighted by Crippen LogP contribution is -2.04. The molecular weight excluding hydrogens is 226 g/mol. The minimum Gasteiger partial charge on any atom is -0.495 e. The zero-order chi connectivity index (χ0) is 13.0. The Hall–Kier alpha value is -2.23. The van der Waals surface area contributed by atoms with Crippen LogP contribution in [-0.2, 0) is 6.54 Å². The number of benzene rings is 1. The van der Waals surface area contributed by atoms with Gasteiger partial charge < -0.3 is 15.8 Å². The minimum absolute atomic E-state index is 0.625. The van der Waals surface area contributed by atoms with Gasteiger partial charge in [-0.1, -0.05) is 12.1 Å². The molecule has 0 atom stereocenters. The number of para-hydroxylation sites is 1. The zero-order valence-corrected chi connectivity index (χ0v) is 10.6. The Morgan fingerprint density at radius 1 is 1.28 bits per heavy atom. The summed E-state index contributed by atoms with van der Waals surface area (Å²) in [4.78, 5) is 4.25. The van der Waals surface area contributed by atoms with Gasteiger partial charge in [0, 0.05) is 18.4 Å². The molecular formula is C14H17N3O. The third-order valence-corrected chi connectivity index (χ3v) is 2.74. The van der Waals surface area contributed by atoms with Gasteiger partial charge in [-0.05, 0) is 30.7 Å². The number of nitrogens with one attached hydrogen (secondary N) is 1. The van der Waals surface area contributed by atoms with Crippen molar-refractivity contribution in [1.82, 2.24) is 4.98 Å². The summed E-state index contributed by atoms with van der Waals surface area (Å²) in [5.41, 5.74) is 9.60. The maximum absolute atomic E-state index is 5.98. The molecule has 0 unspecified atom stereocenters. The lowest BCUT2D eigenvalue weighted by Gasteiger charge is -2.12. The minimum atomic E-state index is 0.625. The van der Waals surface area contributed by atoms with Crippen molar-refractivity contribution < 1.29 is 4.74 Å². The molecule has 2 rings (SSSR count). The molecule has 0 amide bonds. The smallest absolute Gasteiger partial charge is 0.143 e. The second kappa shape index (κ2) is 5.40. The molecule has 4 nitrogen and oxygen atoms in total. The molecule has 4 heteroatoms. The summed E-state index contributed by atoms with van der Waals surface area (Å²) in [6, 6.07) is 9.72. The van der Waals surface area contributed by atoms with Crippen LogP contribution in [0, 0.1) is 6.92 Å². The Morgan fingerprint density at radius 3 is 2.78 bits per heavy atom. The van der Waals surface area contributed by atoms with E-state index in [0.29, 0.717) is 18.0 Å². The number of nitrogen functional groups attached to an aromatic ring is 1. The molecule has 1 aromatic heterocycles. The molecule has 0 saturated heterocycles. The van der Waals surface area contributed by atoms with Crippen LogP contribution in [0.1, 0.15) is 11.3 Å². The number of nitrogens with zero attached hydrogens (tertiary/aromatic N) is 1. The lowest BCUT2D eigenvalue weighted by molar-refractivity contribution is 0.417. The van der Waals surface area contributed by atoms with Gasteiger partial charge in [0.25, 0.3) is 0 Å². The molecule has 0 fully saturated rings. The van der Waals surface area contributed by atoms with Gasteiger partial charge >= 0.3 is 0 Å². The SMILES string of the molecule is COc1cccc(NCc2ccc(C)nc2)c1N. The summed E-state index contributed by atoms with van der Waals surface area (Å²) in [5, 5.41) is 3.28. The number of hydrogen-bond acceptors (Lipinski definition) is 4. The molecule has 0 spiro atoms. The zero-order valence-electron chi connectivity index (χ0n) is 10.6. The Labute approximate surface area is 107 Å². The molecule has 3 N–H and O–H groups in total. The molecule has 0 saturated carbocycles. The number of aryl methyl sites for hydroxylation is 1. The van der Waals surface area contributed by atoms with Crippen molar-refractivity contribution in [1.29, 1.82) is 0 Å². The Morgan fingerprint density at radius 2 is 2.11 bits per heavy atom. The lowest BCUT2D eigenvalue weighted by atomic mass is 10.2. The number of methoxy groups -OCH3 is 1. The van der Waals surface area contributed by atoms with E-state index in [2.05, 4.69) is 10.3 Å². The highest BCUT2D eigenvalue weighted by Gasteiger charge is 2.04. The van der Waals surface area contributed by atoms with Crippen molar-refractivity contribution in [3.05, 3.63) is 47.8 Å². The van der Waals surface area contributed by atoms with Crippen LogP contribution in [0.4, 0.5) is 11.4 Å². The number of hydrogen-bond donors (Lipinski definition) is 2. The van der Waals surface area contributed by atoms with Gasteiger partial charge in [0.15, 0.2) is 0 Å². The predicted molar refractivity (Wildman–Crippen MR) is 73.7 cm³/mol. The van der Waals surface area contributed by atoms with Gasteiger partial charge in [0.1, 0.15) is 5.75 Å². The first kappa shape index (κ1) is 12.2. The van der Waals surface area contributed by atoms with Gasteiger partial charge in [0.2, 0.25) is 0 Å². The monoisotopic (exact) mass is 243 g/mol. The third kappa shape index (κ3) is 2.71. The first-order valence-electron chi connectivity index (χ1n) is 5.78. The normalized spacial score (nSPS) is 10.1. The van der Waals surface area contributed by atoms with E-state index in [0.717, 1.165) is 16.9 Å². The van der Waals surface area contributed by atoms with Gasteiger partial charge in [-0.15, -0.1) is 0 Å². The van der Waals surface area contributed by atoms with E-state index in [4.69, 9.17) is 10.5 Å². The standard InChI is InChI=1S/C14H17N3O/c1-10-6-7-11(8-16-10)9-17-12-4-3-5-13(18-2)14(12)15/h3-8,17H,9,15H2,1-2H3. The van der Waals surface area contributed by atoms with E-state index in [1.165, 1.54) is 0 Å². The Bertz CT molecular complexity index is 523. The molecule has 18 heavy (non-hydrogen) atoms. The van der Waals surface area contributed by atoms with Crippen LogP contribution in [0.25, 0.3) is 0 Å². The topological polar surface area (TPSA) is 60.2 Å². The number of anilines is 2. The van der Waals surface area contributed by atoms with Crippen LogP contribution in [0.15, 0.2) is 36.5 Å². The number of nitrogens with two attached hydrogens (primary N) is 1. The van der Waals surface area contributed by atoms with Gasteiger partial charge in [-0.2, -0.15) is 0 Å². The van der Waals surface area contributed by atoms with Crippen molar-refractivity contribution >= 4 is 11.4 Å². The summed E-state index contributed by atoms with van der Waals surface area (Å²) in [6.07, 6.45) is 1.86. The van der Waals surface area contributed by atoms with Crippen molar-refractivity contribution in [2.45, 2.75) is 13.5 Å². The van der Waals surface area contributed by atoms with E-state index in [-0.39, 0.29) is 0 Å². The fourth-order valence-corrected chi connectivity index (χ4v) is 1.68. The van der Waals surface area contributed by atoms with Crippen LogP contribution in [0.5, 0.6) is 5.75 Å². The molecule has 94 valence electrons. The molecule has 1 heterocycles. The third-order valence-electron chi connectivity index (χ3n) is 2.74. The largest absolute Gasteiger partial charge is 0.495 e. The highest BCUT2D eigenvalue weighted by molar-refractivity contribution is 5.72. The van der Waals surface area contributed by atoms with E-state index >= 15 is 0 Å². The average Bonchev–Trinajstić information content (AvgIpc) is 2.39. The predicted octanol–water partition coefficient (Wildman–Crippen LogP) is 2.59. The van der Waals surface area contributed by atoms with Crippen LogP contribution in [0.2, 0.25) is 0 Å². The van der Waals surface area contributed by atoms with Gasteiger partial charge in [-0.25, -0.2) is 0 Å². The van der Waals surface area contributed by atoms with E-state index in [1.54, 1.807) is 7.11 Å². The average molecular weight is 243 g/mol. The van der Waals surface area contributed by atoms with Crippen LogP contribution < -0.4 is 15.8 Å². The molecule has 0 aliphatic carbocycles. The number of pyridine rings is 1. The van der Waals surface area contributed by atoms with E-state index in [9.17, 15) is 0 Å². The molecule has 0 radical (unpaired) electrons. The molecule has 0 aliphatic heterocycles. The Balaban J connectivity index is 2.08. The first-order valence-corrected chi connectivity index (χ1v) is 5.78. The van der Waals surface area contributed by atoms with Gasteiger partial charge in [0.05, 0.1) is 18.5 Å². The van der Waals surface area contributed by atoms with Crippen LogP contribution in [0.3, 0.4) is 0 Å². The highest BCUT2D eigenvalue weighted by atomic mass is 16.5. The molecule has 2 aromatic rings. The summed E-state index contributed by atoms with van der Waals surface area (Å²) in [5.74, 6) is 0.682. The van der Waals surface area contributed by atoms with E-state index < -0.39 is 0 Å². The maximum atomic E-state index is 5.98. The molecule has 1 aromatic carbocycles. The summed E-state index contributed by atoms with van der Waals surface area (Å²) in [6.45, 7) is 2.65. The Kier molecular flexibility index (Phi) is 3.67. The summed E-state index contributed by atoms with van der Waals surface area (Å²) >= 11 is 0. The first-order chi connectivity index (χ1) is 8.70. The summed E-state index contributed by atoms with van der Waals surface area (Å²) in [7, 11) is 1.61. The summed E-state index contributed by atoms with van der Waals surface area (Å²) < 4.78 is 5.18. The van der Waals surface area contributed by atoms with Crippen LogP contribution in [-0.4, -0.2) is 12.1 Å². The van der Waals surface area contributed by atoms with Gasteiger partial charge in [-0.3, -0.25) is 4.98 Å². The number of ether oxygens (including phenoxy) is 1. The second-order valence-electron chi connectivity index (χ2n) is 4.08.